The largest absolute Gasteiger partial charge is 0.480 e. The van der Waals surface area contributed by atoms with E-state index in [4.69, 9.17) is 10.8 Å². The van der Waals surface area contributed by atoms with Gasteiger partial charge in [0.25, 0.3) is 0 Å². The van der Waals surface area contributed by atoms with Crippen LogP contribution in [0.1, 0.15) is 12.5 Å². The molecule has 9 heteroatoms. The van der Waals surface area contributed by atoms with Gasteiger partial charge < -0.3 is 25.8 Å². The van der Waals surface area contributed by atoms with Gasteiger partial charge in [0.1, 0.15) is 6.54 Å². The highest BCUT2D eigenvalue weighted by Gasteiger charge is 2.23. The molecule has 3 rings (SSSR count). The normalized spacial score (nSPS) is 20.6. The second-order valence-electron chi connectivity index (χ2n) is 5.13. The van der Waals surface area contributed by atoms with Crippen molar-refractivity contribution >= 4 is 28.9 Å². The lowest BCUT2D eigenvalue weighted by atomic mass is 10.1. The lowest BCUT2D eigenvalue weighted by Crippen LogP contribution is -2.15. The highest BCUT2D eigenvalue weighted by Crippen LogP contribution is 2.31. The summed E-state index contributed by atoms with van der Waals surface area (Å²) in [5.41, 5.74) is 6.71. The molecule has 2 heterocycles. The van der Waals surface area contributed by atoms with Gasteiger partial charge in [0.2, 0.25) is 5.95 Å². The number of aliphatic hydroxyl groups excluding tert-OH is 1. The van der Waals surface area contributed by atoms with E-state index in [2.05, 4.69) is 20.3 Å². The summed E-state index contributed by atoms with van der Waals surface area (Å²) >= 11 is 0. The summed E-state index contributed by atoms with van der Waals surface area (Å²) in [6, 6.07) is 0.0313. The minimum absolute atomic E-state index is 0.0313. The van der Waals surface area contributed by atoms with Crippen molar-refractivity contribution in [1.82, 2.24) is 19.5 Å². The second kappa shape index (κ2) is 5.60. The molecule has 2 unspecified atom stereocenters. The highest BCUT2D eigenvalue weighted by atomic mass is 16.4. The summed E-state index contributed by atoms with van der Waals surface area (Å²) in [6.45, 7) is -0.184. The maximum absolute atomic E-state index is 10.7. The molecule has 0 saturated heterocycles. The minimum atomic E-state index is -1.01. The number of nitrogens with one attached hydrogen (secondary N) is 1. The molecule has 0 spiro atoms. The summed E-state index contributed by atoms with van der Waals surface area (Å²) in [5, 5.41) is 20.7. The van der Waals surface area contributed by atoms with Gasteiger partial charge in [0.05, 0.1) is 12.4 Å². The molecular weight excluding hydrogens is 288 g/mol. The molecule has 5 N–H and O–H groups in total. The van der Waals surface area contributed by atoms with Crippen molar-refractivity contribution in [3.05, 3.63) is 18.5 Å². The fraction of sp³-hybridized carbons (Fsp3) is 0.385. The van der Waals surface area contributed by atoms with Gasteiger partial charge in [-0.1, -0.05) is 12.2 Å². The number of imidazole rings is 1. The van der Waals surface area contributed by atoms with E-state index in [1.54, 1.807) is 6.33 Å². The average molecular weight is 304 g/mol. The Balaban J connectivity index is 1.97. The van der Waals surface area contributed by atoms with E-state index >= 15 is 0 Å². The van der Waals surface area contributed by atoms with Crippen LogP contribution in [0.4, 0.5) is 11.8 Å². The van der Waals surface area contributed by atoms with E-state index in [0.29, 0.717) is 17.0 Å². The Kier molecular flexibility index (Phi) is 3.63. The number of hydrogen-bond donors (Lipinski definition) is 4. The minimum Gasteiger partial charge on any atom is -0.480 e. The standard InChI is InChI=1S/C13H16N6O3/c14-13-17-11(15-4-9(21)22)10-12(18-13)19(6-16-10)8-2-1-7(3-8)5-20/h1-2,6-8,20H,3-5H2,(H,21,22)(H3,14,15,17,18). The lowest BCUT2D eigenvalue weighted by molar-refractivity contribution is -0.134. The van der Waals surface area contributed by atoms with Gasteiger partial charge in [-0.2, -0.15) is 9.97 Å². The van der Waals surface area contributed by atoms with Crippen molar-refractivity contribution in [3.8, 4) is 0 Å². The molecule has 22 heavy (non-hydrogen) atoms. The first-order valence-electron chi connectivity index (χ1n) is 6.83. The number of aliphatic carboxylic acids is 1. The lowest BCUT2D eigenvalue weighted by Gasteiger charge is -2.13. The third-order valence-corrected chi connectivity index (χ3v) is 3.59. The van der Waals surface area contributed by atoms with Crippen LogP contribution in [0.5, 0.6) is 0 Å². The van der Waals surface area contributed by atoms with Gasteiger partial charge in [-0.3, -0.25) is 4.79 Å². The van der Waals surface area contributed by atoms with Crippen LogP contribution in [-0.2, 0) is 4.79 Å². The van der Waals surface area contributed by atoms with Crippen molar-refractivity contribution in [2.75, 3.05) is 24.2 Å². The second-order valence-corrected chi connectivity index (χ2v) is 5.13. The number of carboxylic acids is 1. The zero-order chi connectivity index (χ0) is 15.7. The Bertz CT molecular complexity index is 741. The third kappa shape index (κ3) is 2.58. The van der Waals surface area contributed by atoms with Crippen LogP contribution < -0.4 is 11.1 Å². The van der Waals surface area contributed by atoms with Gasteiger partial charge >= 0.3 is 5.97 Å². The quantitative estimate of drug-likeness (QED) is 0.567. The van der Waals surface area contributed by atoms with Crippen molar-refractivity contribution < 1.29 is 15.0 Å². The molecule has 0 aromatic carbocycles. The van der Waals surface area contributed by atoms with Gasteiger partial charge in [-0.25, -0.2) is 4.98 Å². The van der Waals surface area contributed by atoms with E-state index in [1.807, 2.05) is 16.7 Å². The molecule has 2 atom stereocenters. The number of carboxylic acid groups (broad SMARTS) is 1. The number of nitrogens with zero attached hydrogens (tertiary/aromatic N) is 4. The number of aromatic nitrogens is 4. The Hall–Kier alpha value is -2.68. The number of hydrogen-bond acceptors (Lipinski definition) is 7. The Labute approximate surface area is 125 Å². The molecule has 0 fully saturated rings. The SMILES string of the molecule is Nc1nc(NCC(=O)O)c2ncn(C3C=CC(CO)C3)c2n1. The van der Waals surface area contributed by atoms with Gasteiger partial charge in [-0.15, -0.1) is 0 Å². The summed E-state index contributed by atoms with van der Waals surface area (Å²) < 4.78 is 1.85. The predicted octanol–water partition coefficient (Wildman–Crippen LogP) is 0.0145. The molecule has 0 radical (unpaired) electrons. The molecule has 116 valence electrons. The number of allylic oxidation sites excluding steroid dienone is 1. The summed E-state index contributed by atoms with van der Waals surface area (Å²) in [5.74, 6) is -0.548. The summed E-state index contributed by atoms with van der Waals surface area (Å²) in [4.78, 5) is 23.2. The van der Waals surface area contributed by atoms with Crippen LogP contribution in [0, 0.1) is 5.92 Å². The van der Waals surface area contributed by atoms with Crippen LogP contribution in [-0.4, -0.2) is 48.9 Å². The Morgan fingerprint density at radius 2 is 2.27 bits per heavy atom. The van der Waals surface area contributed by atoms with Crippen LogP contribution in [0.15, 0.2) is 18.5 Å². The number of aliphatic hydroxyl groups is 1. The maximum atomic E-state index is 10.7. The first-order chi connectivity index (χ1) is 10.6. The van der Waals surface area contributed by atoms with Crippen molar-refractivity contribution in [1.29, 1.82) is 0 Å². The van der Waals surface area contributed by atoms with Crippen LogP contribution in [0.2, 0.25) is 0 Å². The van der Waals surface area contributed by atoms with E-state index in [-0.39, 0.29) is 31.1 Å². The van der Waals surface area contributed by atoms with Crippen LogP contribution >= 0.6 is 0 Å². The zero-order valence-electron chi connectivity index (χ0n) is 11.7. The molecule has 2 aromatic rings. The first-order valence-corrected chi connectivity index (χ1v) is 6.83. The van der Waals surface area contributed by atoms with E-state index in [9.17, 15) is 9.90 Å². The predicted molar refractivity (Wildman–Crippen MR) is 79.2 cm³/mol. The zero-order valence-corrected chi connectivity index (χ0v) is 11.7. The fourth-order valence-corrected chi connectivity index (χ4v) is 2.55. The number of carbonyl (C=O) groups is 1. The third-order valence-electron chi connectivity index (χ3n) is 3.59. The van der Waals surface area contributed by atoms with Gasteiger partial charge in [0, 0.05) is 12.5 Å². The first kappa shape index (κ1) is 14.3. The van der Waals surface area contributed by atoms with Gasteiger partial charge in [-0.05, 0) is 6.42 Å². The number of fused-ring (bicyclic) bond motifs is 1. The topological polar surface area (TPSA) is 139 Å². The van der Waals surface area contributed by atoms with Crippen LogP contribution in [0.25, 0.3) is 11.2 Å². The molecule has 0 saturated carbocycles. The van der Waals surface area contributed by atoms with Crippen molar-refractivity contribution in [2.24, 2.45) is 5.92 Å². The van der Waals surface area contributed by atoms with Crippen LogP contribution in [0.3, 0.4) is 0 Å². The molecule has 1 aliphatic rings. The average Bonchev–Trinajstić information content (AvgIpc) is 3.10. The molecule has 0 bridgehead atoms. The van der Waals surface area contributed by atoms with E-state index < -0.39 is 5.97 Å². The Morgan fingerprint density at radius 1 is 1.45 bits per heavy atom. The molecule has 0 aliphatic heterocycles. The number of nitrogen functional groups attached to an aromatic ring is 1. The molecular formula is C13H16N6O3. The van der Waals surface area contributed by atoms with E-state index in [1.165, 1.54) is 0 Å². The molecule has 9 nitrogen and oxygen atoms in total. The maximum Gasteiger partial charge on any atom is 0.322 e. The fourth-order valence-electron chi connectivity index (χ4n) is 2.55. The number of rotatable bonds is 5. The summed E-state index contributed by atoms with van der Waals surface area (Å²) in [6.07, 6.45) is 6.33. The van der Waals surface area contributed by atoms with Gasteiger partial charge in [0.15, 0.2) is 17.0 Å². The number of nitrogens with two attached hydrogens (primary N) is 1. The highest BCUT2D eigenvalue weighted by molar-refractivity contribution is 5.86. The smallest absolute Gasteiger partial charge is 0.322 e. The van der Waals surface area contributed by atoms with Crippen molar-refractivity contribution in [2.45, 2.75) is 12.5 Å². The Morgan fingerprint density at radius 3 is 2.95 bits per heavy atom. The monoisotopic (exact) mass is 304 g/mol. The molecule has 1 aliphatic carbocycles. The molecule has 2 aromatic heterocycles. The number of anilines is 2. The van der Waals surface area contributed by atoms with Crippen molar-refractivity contribution in [3.63, 3.8) is 0 Å². The van der Waals surface area contributed by atoms with E-state index in [0.717, 1.165) is 6.42 Å². The molecule has 0 amide bonds. The summed E-state index contributed by atoms with van der Waals surface area (Å²) in [7, 11) is 0.